The first-order valence-corrected chi connectivity index (χ1v) is 12.1. The molecule has 2 amide bonds. The van der Waals surface area contributed by atoms with E-state index in [1.165, 1.54) is 31.0 Å². The van der Waals surface area contributed by atoms with Gasteiger partial charge >= 0.3 is 0 Å². The Labute approximate surface area is 209 Å². The Morgan fingerprint density at radius 2 is 1.94 bits per heavy atom. The first-order valence-electron chi connectivity index (χ1n) is 11.7. The van der Waals surface area contributed by atoms with E-state index in [1.54, 1.807) is 6.21 Å². The Morgan fingerprint density at radius 3 is 2.66 bits per heavy atom. The van der Waals surface area contributed by atoms with Crippen LogP contribution < -0.4 is 10.2 Å². The monoisotopic (exact) mass is 493 g/mol. The van der Waals surface area contributed by atoms with Crippen LogP contribution >= 0.6 is 11.6 Å². The molecule has 0 saturated heterocycles. The summed E-state index contributed by atoms with van der Waals surface area (Å²) in [6.45, 7) is 3.63. The van der Waals surface area contributed by atoms with E-state index in [1.807, 2.05) is 41.3 Å². The van der Waals surface area contributed by atoms with Gasteiger partial charge in [0.15, 0.2) is 6.61 Å². The van der Waals surface area contributed by atoms with Crippen LogP contribution in [0, 0.1) is 5.92 Å². The van der Waals surface area contributed by atoms with Crippen LogP contribution in [0.25, 0.3) is 10.8 Å². The molecule has 0 bridgehead atoms. The Morgan fingerprint density at radius 1 is 1.17 bits per heavy atom. The quantitative estimate of drug-likeness (QED) is 0.307. The minimum atomic E-state index is -0.450. The Hall–Kier alpha value is -3.58. The summed E-state index contributed by atoms with van der Waals surface area (Å²) < 4.78 is 5.95. The van der Waals surface area contributed by atoms with E-state index >= 15 is 0 Å². The van der Waals surface area contributed by atoms with Crippen LogP contribution in [-0.4, -0.2) is 47.7 Å². The summed E-state index contributed by atoms with van der Waals surface area (Å²) in [6, 6.07) is 15.5. The van der Waals surface area contributed by atoms with Crippen molar-refractivity contribution in [2.75, 3.05) is 19.7 Å². The highest BCUT2D eigenvalue weighted by atomic mass is 35.5. The molecule has 0 aromatic heterocycles. The number of hydrogen-bond acceptors (Lipinski definition) is 5. The lowest BCUT2D eigenvalue weighted by Gasteiger charge is -2.22. The second-order valence-electron chi connectivity index (χ2n) is 8.64. The fourth-order valence-electron chi connectivity index (χ4n) is 3.84. The SMILES string of the molecule is CCCN(CC1CC1)C(=O)COc1ccc(/C=N/NC(=O)c2ccc(O)c(Cl)c2)c2ccccc12. The van der Waals surface area contributed by atoms with Crippen LogP contribution in [0.2, 0.25) is 5.02 Å². The molecule has 0 unspecified atom stereocenters. The smallest absolute Gasteiger partial charge is 0.271 e. The predicted octanol–water partition coefficient (Wildman–Crippen LogP) is 4.99. The Balaban J connectivity index is 1.44. The van der Waals surface area contributed by atoms with Gasteiger partial charge in [0.2, 0.25) is 0 Å². The molecule has 182 valence electrons. The topological polar surface area (TPSA) is 91.2 Å². The number of benzene rings is 3. The van der Waals surface area contributed by atoms with E-state index in [4.69, 9.17) is 16.3 Å². The predicted molar refractivity (Wildman–Crippen MR) is 137 cm³/mol. The zero-order valence-electron chi connectivity index (χ0n) is 19.5. The largest absolute Gasteiger partial charge is 0.506 e. The summed E-state index contributed by atoms with van der Waals surface area (Å²) in [5.74, 6) is 0.718. The van der Waals surface area contributed by atoms with Gasteiger partial charge in [-0.2, -0.15) is 5.10 Å². The number of hydrazone groups is 1. The number of nitrogens with one attached hydrogen (secondary N) is 1. The zero-order valence-corrected chi connectivity index (χ0v) is 20.3. The van der Waals surface area contributed by atoms with Crippen LogP contribution in [0.15, 0.2) is 59.7 Å². The van der Waals surface area contributed by atoms with Crippen LogP contribution in [0.3, 0.4) is 0 Å². The first kappa shape index (κ1) is 24.5. The molecule has 8 heteroatoms. The molecule has 0 atom stereocenters. The molecule has 0 aliphatic heterocycles. The van der Waals surface area contributed by atoms with Crippen molar-refractivity contribution in [1.29, 1.82) is 0 Å². The van der Waals surface area contributed by atoms with Crippen molar-refractivity contribution < 1.29 is 19.4 Å². The third-order valence-corrected chi connectivity index (χ3v) is 6.17. The average molecular weight is 494 g/mol. The molecule has 1 aliphatic carbocycles. The van der Waals surface area contributed by atoms with Gasteiger partial charge in [0, 0.05) is 29.6 Å². The van der Waals surface area contributed by atoms with Gasteiger partial charge in [0.05, 0.1) is 11.2 Å². The maximum atomic E-state index is 12.8. The van der Waals surface area contributed by atoms with Gasteiger partial charge in [-0.25, -0.2) is 5.43 Å². The molecule has 0 spiro atoms. The summed E-state index contributed by atoms with van der Waals surface area (Å²) >= 11 is 5.87. The van der Waals surface area contributed by atoms with Gasteiger partial charge in [0.1, 0.15) is 11.5 Å². The number of halogens is 1. The van der Waals surface area contributed by atoms with Crippen LogP contribution in [0.1, 0.15) is 42.1 Å². The lowest BCUT2D eigenvalue weighted by atomic mass is 10.0. The highest BCUT2D eigenvalue weighted by molar-refractivity contribution is 6.32. The van der Waals surface area contributed by atoms with E-state index < -0.39 is 5.91 Å². The van der Waals surface area contributed by atoms with Crippen molar-refractivity contribution >= 4 is 40.4 Å². The number of rotatable bonds is 10. The van der Waals surface area contributed by atoms with Gasteiger partial charge in [-0.1, -0.05) is 42.8 Å². The number of carbonyl (C=O) groups is 2. The van der Waals surface area contributed by atoms with E-state index in [-0.39, 0.29) is 28.8 Å². The lowest BCUT2D eigenvalue weighted by molar-refractivity contribution is -0.133. The number of phenols is 1. The maximum Gasteiger partial charge on any atom is 0.271 e. The van der Waals surface area contributed by atoms with Gasteiger partial charge in [0.25, 0.3) is 11.8 Å². The van der Waals surface area contributed by atoms with Crippen molar-refractivity contribution in [2.45, 2.75) is 26.2 Å². The molecular formula is C27H28ClN3O4. The van der Waals surface area contributed by atoms with Crippen LogP contribution in [0.4, 0.5) is 0 Å². The molecule has 4 rings (SSSR count). The normalized spacial score (nSPS) is 13.2. The van der Waals surface area contributed by atoms with Crippen molar-refractivity contribution in [3.05, 3.63) is 70.7 Å². The number of hydrogen-bond donors (Lipinski definition) is 2. The van der Waals surface area contributed by atoms with Crippen LogP contribution in [-0.2, 0) is 4.79 Å². The molecule has 1 fully saturated rings. The van der Waals surface area contributed by atoms with E-state index in [0.29, 0.717) is 11.7 Å². The van der Waals surface area contributed by atoms with E-state index in [9.17, 15) is 14.7 Å². The Kier molecular flexibility index (Phi) is 7.87. The fourth-order valence-corrected chi connectivity index (χ4v) is 4.02. The average Bonchev–Trinajstić information content (AvgIpc) is 3.68. The van der Waals surface area contributed by atoms with Crippen molar-refractivity contribution in [3.8, 4) is 11.5 Å². The Bertz CT molecular complexity index is 1260. The summed E-state index contributed by atoms with van der Waals surface area (Å²) in [7, 11) is 0. The molecule has 1 saturated carbocycles. The minimum Gasteiger partial charge on any atom is -0.506 e. The number of aromatic hydroxyl groups is 1. The van der Waals surface area contributed by atoms with Gasteiger partial charge < -0.3 is 14.7 Å². The molecule has 3 aromatic rings. The second-order valence-corrected chi connectivity index (χ2v) is 9.04. The van der Waals surface area contributed by atoms with Crippen molar-refractivity contribution in [3.63, 3.8) is 0 Å². The number of amides is 2. The van der Waals surface area contributed by atoms with E-state index in [2.05, 4.69) is 17.5 Å². The summed E-state index contributed by atoms with van der Waals surface area (Å²) in [5, 5.41) is 15.4. The van der Waals surface area contributed by atoms with Crippen LogP contribution in [0.5, 0.6) is 11.5 Å². The molecule has 35 heavy (non-hydrogen) atoms. The number of ether oxygens (including phenoxy) is 1. The molecule has 0 heterocycles. The third-order valence-electron chi connectivity index (χ3n) is 5.87. The summed E-state index contributed by atoms with van der Waals surface area (Å²) in [4.78, 5) is 27.0. The standard InChI is InChI=1S/C27H28ClN3O4/c1-2-13-31(16-18-7-8-18)26(33)17-35-25-12-10-20(21-5-3-4-6-22(21)25)15-29-30-27(34)19-9-11-24(32)23(28)14-19/h3-6,9-12,14-15,18,32H,2,7-8,13,16-17H2,1H3,(H,30,34)/b29-15+. The molecule has 7 nitrogen and oxygen atoms in total. The van der Waals surface area contributed by atoms with Gasteiger partial charge in [-0.05, 0) is 60.9 Å². The van der Waals surface area contributed by atoms with Crippen molar-refractivity contribution in [1.82, 2.24) is 10.3 Å². The van der Waals surface area contributed by atoms with Gasteiger partial charge in [-0.15, -0.1) is 0 Å². The highest BCUT2D eigenvalue weighted by Crippen LogP contribution is 2.30. The molecular weight excluding hydrogens is 466 g/mol. The summed E-state index contributed by atoms with van der Waals surface area (Å²) in [5.41, 5.74) is 3.53. The van der Waals surface area contributed by atoms with E-state index in [0.717, 1.165) is 35.8 Å². The first-order chi connectivity index (χ1) is 17.0. The molecule has 0 radical (unpaired) electrons. The number of fused-ring (bicyclic) bond motifs is 1. The maximum absolute atomic E-state index is 12.8. The second kappa shape index (κ2) is 11.2. The van der Waals surface area contributed by atoms with Crippen molar-refractivity contribution in [2.24, 2.45) is 11.0 Å². The molecule has 3 aromatic carbocycles. The third kappa shape index (κ3) is 6.31. The minimum absolute atomic E-state index is 0.00457. The number of carbonyl (C=O) groups excluding carboxylic acids is 2. The summed E-state index contributed by atoms with van der Waals surface area (Å²) in [6.07, 6.45) is 4.87. The molecule has 1 aliphatic rings. The number of nitrogens with zero attached hydrogens (tertiary/aromatic N) is 2. The van der Waals surface area contributed by atoms with Gasteiger partial charge in [-0.3, -0.25) is 9.59 Å². The highest BCUT2D eigenvalue weighted by Gasteiger charge is 2.26. The number of phenolic OH excluding ortho intramolecular Hbond substituents is 1. The fraction of sp³-hybridized carbons (Fsp3) is 0.296. The molecule has 2 N–H and O–H groups in total. The zero-order chi connectivity index (χ0) is 24.8. The lowest BCUT2D eigenvalue weighted by Crippen LogP contribution is -2.37.